The number of ether oxygens (including phenoxy) is 3. The molecule has 0 aromatic heterocycles. The molecular weight excluding hydrogens is 459 g/mol. The Morgan fingerprint density at radius 1 is 1.03 bits per heavy atom. The molecule has 0 radical (unpaired) electrons. The summed E-state index contributed by atoms with van der Waals surface area (Å²) in [5, 5.41) is 9.33. The third-order valence-corrected chi connectivity index (χ3v) is 4.99. The molecule has 9 heteroatoms. The largest absolute Gasteiger partial charge is 0.493 e. The first kappa shape index (κ1) is 22.2. The van der Waals surface area contributed by atoms with E-state index in [9.17, 15) is 18.0 Å². The summed E-state index contributed by atoms with van der Waals surface area (Å²) in [6.07, 6.45) is -3.25. The van der Waals surface area contributed by atoms with E-state index in [1.54, 1.807) is 18.2 Å². The third kappa shape index (κ3) is 4.49. The summed E-state index contributed by atoms with van der Waals surface area (Å²) in [5.41, 5.74) is -0.362. The third-order valence-electron chi connectivity index (χ3n) is 4.75. The summed E-state index contributed by atoms with van der Waals surface area (Å²) in [5.74, 6) is -0.252. The molecular formula is C24H13ClF3NO4. The molecule has 0 N–H and O–H groups in total. The Morgan fingerprint density at radius 3 is 2.48 bits per heavy atom. The highest BCUT2D eigenvalue weighted by molar-refractivity contribution is 6.31. The fourth-order valence-corrected chi connectivity index (χ4v) is 3.36. The Morgan fingerprint density at radius 2 is 1.79 bits per heavy atom. The Bertz CT molecular complexity index is 1340. The van der Waals surface area contributed by atoms with Crippen LogP contribution in [-0.2, 0) is 6.18 Å². The lowest BCUT2D eigenvalue weighted by atomic mass is 10.1. The van der Waals surface area contributed by atoms with Crippen molar-refractivity contribution < 1.29 is 32.2 Å². The van der Waals surface area contributed by atoms with Gasteiger partial charge in [-0.15, -0.1) is 0 Å². The van der Waals surface area contributed by atoms with E-state index < -0.39 is 17.5 Å². The highest BCUT2D eigenvalue weighted by atomic mass is 35.5. The van der Waals surface area contributed by atoms with Crippen LogP contribution in [0.15, 0.2) is 60.4 Å². The SMILES string of the molecule is COc1cc(C=C2Oc3cc(Cl)ccc3C2=O)ccc1Oc1ccc(C#N)cc1C(F)(F)F. The lowest BCUT2D eigenvalue weighted by Crippen LogP contribution is -2.08. The number of nitrogens with zero attached hydrogens (tertiary/aromatic N) is 1. The number of nitriles is 1. The first-order valence-corrected chi connectivity index (χ1v) is 9.78. The Labute approximate surface area is 191 Å². The maximum Gasteiger partial charge on any atom is 0.420 e. The predicted octanol–water partition coefficient (Wildman–Crippen LogP) is 6.65. The monoisotopic (exact) mass is 471 g/mol. The Hall–Kier alpha value is -3.96. The van der Waals surface area contributed by atoms with Gasteiger partial charge in [-0.05, 0) is 54.1 Å². The number of fused-ring (bicyclic) bond motifs is 1. The molecule has 33 heavy (non-hydrogen) atoms. The van der Waals surface area contributed by atoms with Gasteiger partial charge in [0, 0.05) is 11.1 Å². The molecule has 0 aliphatic carbocycles. The number of halogens is 4. The molecule has 0 saturated carbocycles. The van der Waals surface area contributed by atoms with Crippen LogP contribution in [0.4, 0.5) is 13.2 Å². The number of carbonyl (C=O) groups is 1. The topological polar surface area (TPSA) is 68.6 Å². The summed E-state index contributed by atoms with van der Waals surface area (Å²) in [4.78, 5) is 12.5. The number of benzene rings is 3. The number of methoxy groups -OCH3 is 1. The average Bonchev–Trinajstić information content (AvgIpc) is 3.08. The van der Waals surface area contributed by atoms with Gasteiger partial charge in [-0.2, -0.15) is 18.4 Å². The van der Waals surface area contributed by atoms with E-state index in [0.717, 1.165) is 6.07 Å². The first-order valence-electron chi connectivity index (χ1n) is 9.40. The molecule has 1 aliphatic heterocycles. The summed E-state index contributed by atoms with van der Waals surface area (Å²) in [6.45, 7) is 0. The van der Waals surface area contributed by atoms with Crippen molar-refractivity contribution in [2.24, 2.45) is 0 Å². The van der Waals surface area contributed by atoms with Gasteiger partial charge in [-0.1, -0.05) is 17.7 Å². The van der Waals surface area contributed by atoms with Crippen LogP contribution in [0.25, 0.3) is 6.08 Å². The molecule has 3 aromatic rings. The minimum atomic E-state index is -4.72. The van der Waals surface area contributed by atoms with Crippen molar-refractivity contribution in [2.75, 3.05) is 7.11 Å². The number of rotatable bonds is 4. The fraction of sp³-hybridized carbons (Fsp3) is 0.0833. The van der Waals surface area contributed by atoms with E-state index in [1.807, 2.05) is 0 Å². The van der Waals surface area contributed by atoms with Crippen molar-refractivity contribution >= 4 is 23.5 Å². The smallest absolute Gasteiger partial charge is 0.420 e. The number of Topliss-reactive ketones (excluding diaryl/α,β-unsaturated/α-hetero) is 1. The molecule has 1 heterocycles. The summed E-state index contributed by atoms with van der Waals surface area (Å²) >= 11 is 5.93. The zero-order valence-electron chi connectivity index (χ0n) is 16.9. The van der Waals surface area contributed by atoms with Crippen molar-refractivity contribution in [1.29, 1.82) is 5.26 Å². The number of carbonyl (C=O) groups excluding carboxylic acids is 1. The molecule has 4 rings (SSSR count). The number of allylic oxidation sites excluding steroid dienone is 1. The summed E-state index contributed by atoms with van der Waals surface area (Å²) < 4.78 is 56.6. The van der Waals surface area contributed by atoms with Gasteiger partial charge in [0.25, 0.3) is 0 Å². The van der Waals surface area contributed by atoms with E-state index in [-0.39, 0.29) is 28.6 Å². The van der Waals surface area contributed by atoms with Crippen molar-refractivity contribution in [2.45, 2.75) is 6.18 Å². The highest BCUT2D eigenvalue weighted by Crippen LogP contribution is 2.41. The van der Waals surface area contributed by atoms with Gasteiger partial charge >= 0.3 is 6.18 Å². The molecule has 0 spiro atoms. The van der Waals surface area contributed by atoms with E-state index in [2.05, 4.69) is 0 Å². The van der Waals surface area contributed by atoms with E-state index in [4.69, 9.17) is 31.1 Å². The summed E-state index contributed by atoms with van der Waals surface area (Å²) in [6, 6.07) is 13.8. The average molecular weight is 472 g/mol. The quantitative estimate of drug-likeness (QED) is 0.398. The van der Waals surface area contributed by atoms with Gasteiger partial charge in [0.1, 0.15) is 11.5 Å². The molecule has 5 nitrogen and oxygen atoms in total. The number of alkyl halides is 3. The normalized spacial score (nSPS) is 13.9. The van der Waals surface area contributed by atoms with Crippen molar-refractivity contribution in [3.8, 4) is 29.1 Å². The van der Waals surface area contributed by atoms with Gasteiger partial charge in [0.2, 0.25) is 5.78 Å². The van der Waals surface area contributed by atoms with Crippen LogP contribution >= 0.6 is 11.6 Å². The first-order chi connectivity index (χ1) is 15.7. The van der Waals surface area contributed by atoms with Crippen LogP contribution in [0.3, 0.4) is 0 Å². The van der Waals surface area contributed by atoms with Crippen LogP contribution in [0, 0.1) is 11.3 Å². The van der Waals surface area contributed by atoms with E-state index in [1.165, 1.54) is 43.5 Å². The minimum absolute atomic E-state index is 0.0172. The Balaban J connectivity index is 1.65. The lowest BCUT2D eigenvalue weighted by molar-refractivity contribution is -0.138. The van der Waals surface area contributed by atoms with Crippen molar-refractivity contribution in [1.82, 2.24) is 0 Å². The number of hydrogen-bond acceptors (Lipinski definition) is 5. The molecule has 0 bridgehead atoms. The van der Waals surface area contributed by atoms with Crippen LogP contribution in [0.2, 0.25) is 5.02 Å². The maximum atomic E-state index is 13.4. The number of hydrogen-bond donors (Lipinski definition) is 0. The molecule has 166 valence electrons. The molecule has 3 aromatic carbocycles. The van der Waals surface area contributed by atoms with Crippen molar-refractivity contribution in [3.63, 3.8) is 0 Å². The van der Waals surface area contributed by atoms with Crippen LogP contribution in [0.1, 0.15) is 27.0 Å². The second-order valence-corrected chi connectivity index (χ2v) is 7.35. The van der Waals surface area contributed by atoms with Gasteiger partial charge in [-0.25, -0.2) is 0 Å². The number of ketones is 1. The minimum Gasteiger partial charge on any atom is -0.493 e. The van der Waals surface area contributed by atoms with Crippen molar-refractivity contribution in [3.05, 3.63) is 87.6 Å². The Kier molecular flexibility index (Phi) is 5.75. The van der Waals surface area contributed by atoms with Crippen LogP contribution in [-0.4, -0.2) is 12.9 Å². The van der Waals surface area contributed by atoms with Gasteiger partial charge in [-0.3, -0.25) is 4.79 Å². The van der Waals surface area contributed by atoms with E-state index in [0.29, 0.717) is 28.0 Å². The van der Waals surface area contributed by atoms with Crippen LogP contribution < -0.4 is 14.2 Å². The molecule has 0 fully saturated rings. The van der Waals surface area contributed by atoms with Gasteiger partial charge in [0.05, 0.1) is 29.9 Å². The molecule has 0 amide bonds. The highest BCUT2D eigenvalue weighted by Gasteiger charge is 2.35. The fourth-order valence-electron chi connectivity index (χ4n) is 3.20. The zero-order valence-corrected chi connectivity index (χ0v) is 17.6. The molecule has 0 unspecified atom stereocenters. The van der Waals surface area contributed by atoms with Gasteiger partial charge in [0.15, 0.2) is 17.3 Å². The molecule has 0 saturated heterocycles. The lowest BCUT2D eigenvalue weighted by Gasteiger charge is -2.16. The standard InChI is InChI=1S/C24H13ClF3NO4/c1-31-21-9-13(10-22-23(30)16-5-4-15(25)11-20(16)33-22)2-7-19(21)32-18-6-3-14(12-29)8-17(18)24(26,27)28/h2-11H,1H3. The molecule has 1 aliphatic rings. The second kappa shape index (κ2) is 8.52. The zero-order chi connectivity index (χ0) is 23.8. The molecule has 0 atom stereocenters. The maximum absolute atomic E-state index is 13.4. The predicted molar refractivity (Wildman–Crippen MR) is 114 cm³/mol. The second-order valence-electron chi connectivity index (χ2n) is 6.91. The van der Waals surface area contributed by atoms with Gasteiger partial charge < -0.3 is 14.2 Å². The summed E-state index contributed by atoms with van der Waals surface area (Å²) in [7, 11) is 1.33. The van der Waals surface area contributed by atoms with Crippen LogP contribution in [0.5, 0.6) is 23.0 Å². The van der Waals surface area contributed by atoms with E-state index >= 15 is 0 Å².